The lowest BCUT2D eigenvalue weighted by atomic mass is 10.1. The largest absolute Gasteiger partial charge is 0.493 e. The first-order chi connectivity index (χ1) is 14.3. The van der Waals surface area contributed by atoms with Crippen LogP contribution in [0, 0.1) is 0 Å². The number of likely N-dealkylation sites (tertiary alicyclic amines) is 1. The molecule has 1 aromatic carbocycles. The van der Waals surface area contributed by atoms with Gasteiger partial charge in [-0.1, -0.05) is 12.1 Å². The third-order valence-corrected chi connectivity index (χ3v) is 6.03. The minimum atomic E-state index is 0.317. The summed E-state index contributed by atoms with van der Waals surface area (Å²) in [5.74, 6) is 2.09. The maximum atomic E-state index is 6.11. The van der Waals surface area contributed by atoms with Crippen LogP contribution in [0.5, 0.6) is 5.75 Å². The van der Waals surface area contributed by atoms with Crippen LogP contribution in [0.2, 0.25) is 0 Å². The molecule has 0 bridgehead atoms. The Morgan fingerprint density at radius 1 is 1.24 bits per heavy atom. The average Bonchev–Trinajstić information content (AvgIpc) is 3.43. The second-order valence-electron chi connectivity index (χ2n) is 8.18. The van der Waals surface area contributed by atoms with E-state index in [0.717, 1.165) is 89.8 Å². The van der Waals surface area contributed by atoms with E-state index in [1.54, 1.807) is 0 Å². The van der Waals surface area contributed by atoms with Gasteiger partial charge in [-0.3, -0.25) is 4.99 Å². The second-order valence-corrected chi connectivity index (χ2v) is 8.18. The van der Waals surface area contributed by atoms with Crippen molar-refractivity contribution in [1.29, 1.82) is 0 Å². The Hall–Kier alpha value is -1.79. The van der Waals surface area contributed by atoms with Gasteiger partial charge in [0, 0.05) is 39.2 Å². The van der Waals surface area contributed by atoms with Gasteiger partial charge in [0.05, 0.1) is 25.4 Å². The number of piperidine rings is 1. The molecule has 2 saturated heterocycles. The summed E-state index contributed by atoms with van der Waals surface area (Å²) in [6, 6.07) is 6.55. The van der Waals surface area contributed by atoms with Crippen LogP contribution in [0.1, 0.15) is 43.7 Å². The highest BCUT2D eigenvalue weighted by Crippen LogP contribution is 2.26. The number of hydrogen-bond donors (Lipinski definition) is 1. The van der Waals surface area contributed by atoms with Crippen molar-refractivity contribution in [3.8, 4) is 5.75 Å². The number of ether oxygens (including phenoxy) is 3. The Balaban J connectivity index is 1.24. The van der Waals surface area contributed by atoms with Crippen molar-refractivity contribution < 1.29 is 14.2 Å². The number of rotatable bonds is 7. The molecular weight excluding hydrogens is 366 g/mol. The van der Waals surface area contributed by atoms with E-state index >= 15 is 0 Å². The summed E-state index contributed by atoms with van der Waals surface area (Å²) >= 11 is 0. The van der Waals surface area contributed by atoms with Crippen LogP contribution in [0.25, 0.3) is 0 Å². The fraction of sp³-hybridized carbons (Fsp3) is 0.696. The molecule has 0 amide bonds. The van der Waals surface area contributed by atoms with E-state index in [0.29, 0.717) is 12.2 Å². The molecule has 3 aliphatic rings. The molecule has 0 radical (unpaired) electrons. The first kappa shape index (κ1) is 20.5. The van der Waals surface area contributed by atoms with Crippen LogP contribution < -0.4 is 10.1 Å². The van der Waals surface area contributed by atoms with Crippen molar-refractivity contribution in [1.82, 2.24) is 10.2 Å². The van der Waals surface area contributed by atoms with Crippen molar-refractivity contribution in [2.24, 2.45) is 4.99 Å². The second kappa shape index (κ2) is 10.3. The van der Waals surface area contributed by atoms with Crippen molar-refractivity contribution in [3.05, 3.63) is 29.3 Å². The lowest BCUT2D eigenvalue weighted by molar-refractivity contribution is -0.0367. The zero-order valence-electron chi connectivity index (χ0n) is 17.7. The zero-order chi connectivity index (χ0) is 19.9. The number of aliphatic imine (C=N–C) groups is 1. The highest BCUT2D eigenvalue weighted by molar-refractivity contribution is 5.80. The van der Waals surface area contributed by atoms with Gasteiger partial charge in [0.1, 0.15) is 5.75 Å². The van der Waals surface area contributed by atoms with Crippen LogP contribution >= 0.6 is 0 Å². The van der Waals surface area contributed by atoms with E-state index < -0.39 is 0 Å². The summed E-state index contributed by atoms with van der Waals surface area (Å²) < 4.78 is 17.4. The Kier molecular flexibility index (Phi) is 7.28. The van der Waals surface area contributed by atoms with Gasteiger partial charge in [-0.05, 0) is 56.2 Å². The molecule has 1 aromatic rings. The van der Waals surface area contributed by atoms with Crippen molar-refractivity contribution >= 4 is 5.96 Å². The van der Waals surface area contributed by atoms with Crippen molar-refractivity contribution in [2.75, 3.05) is 46.0 Å². The van der Waals surface area contributed by atoms with Gasteiger partial charge in [0.2, 0.25) is 0 Å². The first-order valence-corrected chi connectivity index (χ1v) is 11.3. The predicted octanol–water partition coefficient (Wildman–Crippen LogP) is 2.79. The van der Waals surface area contributed by atoms with E-state index in [1.807, 2.05) is 0 Å². The third-order valence-electron chi connectivity index (χ3n) is 6.03. The van der Waals surface area contributed by atoms with Crippen LogP contribution in [0.15, 0.2) is 23.2 Å². The van der Waals surface area contributed by atoms with Crippen LogP contribution in [0.3, 0.4) is 0 Å². The summed E-state index contributed by atoms with van der Waals surface area (Å²) in [4.78, 5) is 7.28. The molecule has 1 atom stereocenters. The third kappa shape index (κ3) is 5.64. The van der Waals surface area contributed by atoms with Gasteiger partial charge in [0.25, 0.3) is 0 Å². The molecule has 29 heavy (non-hydrogen) atoms. The molecule has 1 unspecified atom stereocenters. The summed E-state index contributed by atoms with van der Waals surface area (Å²) in [6.45, 7) is 8.29. The van der Waals surface area contributed by atoms with E-state index in [1.165, 1.54) is 17.5 Å². The number of fused-ring (bicyclic) bond motifs is 1. The number of hydrogen-bond acceptors (Lipinski definition) is 4. The van der Waals surface area contributed by atoms with Gasteiger partial charge in [0.15, 0.2) is 5.96 Å². The van der Waals surface area contributed by atoms with Crippen LogP contribution in [0.4, 0.5) is 0 Å². The highest BCUT2D eigenvalue weighted by Gasteiger charge is 2.24. The molecule has 0 aliphatic carbocycles. The summed E-state index contributed by atoms with van der Waals surface area (Å²) in [5.41, 5.74) is 2.68. The molecule has 3 heterocycles. The van der Waals surface area contributed by atoms with Crippen LogP contribution in [-0.4, -0.2) is 69.1 Å². The van der Waals surface area contributed by atoms with Crippen molar-refractivity contribution in [3.63, 3.8) is 0 Å². The smallest absolute Gasteiger partial charge is 0.193 e. The Morgan fingerprint density at radius 3 is 2.93 bits per heavy atom. The SMILES string of the molecule is CCNC(=NCCc1ccc2c(c1)CCO2)N1CCC(OCC2CCCO2)CC1. The minimum absolute atomic E-state index is 0.317. The van der Waals surface area contributed by atoms with Gasteiger partial charge >= 0.3 is 0 Å². The quantitative estimate of drug-likeness (QED) is 0.562. The molecule has 0 aromatic heterocycles. The number of guanidine groups is 1. The Morgan fingerprint density at radius 2 is 2.14 bits per heavy atom. The fourth-order valence-electron chi connectivity index (χ4n) is 4.37. The molecule has 1 N–H and O–H groups in total. The maximum absolute atomic E-state index is 6.11. The topological polar surface area (TPSA) is 55.3 Å². The zero-order valence-corrected chi connectivity index (χ0v) is 17.7. The molecule has 3 aliphatic heterocycles. The average molecular weight is 402 g/mol. The molecule has 4 rings (SSSR count). The summed E-state index contributed by atoms with van der Waals surface area (Å²) in [7, 11) is 0. The van der Waals surface area contributed by atoms with Crippen LogP contribution in [-0.2, 0) is 22.3 Å². The summed E-state index contributed by atoms with van der Waals surface area (Å²) in [6.07, 6.45) is 7.10. The standard InChI is InChI=1S/C23H35N3O3/c1-2-24-23(25-11-7-18-5-6-22-19(16-18)10-15-28-22)26-12-8-20(9-13-26)29-17-21-4-3-14-27-21/h5-6,16,20-21H,2-4,7-15,17H2,1H3,(H,24,25). The minimum Gasteiger partial charge on any atom is -0.493 e. The van der Waals surface area contributed by atoms with Crippen molar-refractivity contribution in [2.45, 2.75) is 57.7 Å². The molecular formula is C23H35N3O3. The lowest BCUT2D eigenvalue weighted by Gasteiger charge is -2.34. The lowest BCUT2D eigenvalue weighted by Crippen LogP contribution is -2.47. The molecule has 6 heteroatoms. The maximum Gasteiger partial charge on any atom is 0.193 e. The van der Waals surface area contributed by atoms with Gasteiger partial charge < -0.3 is 24.4 Å². The van der Waals surface area contributed by atoms with Gasteiger partial charge in [-0.25, -0.2) is 0 Å². The molecule has 6 nitrogen and oxygen atoms in total. The first-order valence-electron chi connectivity index (χ1n) is 11.3. The van der Waals surface area contributed by atoms with Gasteiger partial charge in [-0.15, -0.1) is 0 Å². The fourth-order valence-corrected chi connectivity index (χ4v) is 4.37. The van der Waals surface area contributed by atoms with E-state index in [4.69, 9.17) is 19.2 Å². The predicted molar refractivity (Wildman–Crippen MR) is 115 cm³/mol. The van der Waals surface area contributed by atoms with Gasteiger partial charge in [-0.2, -0.15) is 0 Å². The molecule has 160 valence electrons. The normalized spacial score (nSPS) is 22.6. The Bertz CT molecular complexity index is 680. The Labute approximate surface area is 174 Å². The number of nitrogens with zero attached hydrogens (tertiary/aromatic N) is 2. The molecule has 0 spiro atoms. The molecule has 2 fully saturated rings. The number of nitrogens with one attached hydrogen (secondary N) is 1. The monoisotopic (exact) mass is 401 g/mol. The highest BCUT2D eigenvalue weighted by atomic mass is 16.5. The van der Waals surface area contributed by atoms with E-state index in [2.05, 4.69) is 35.3 Å². The molecule has 0 saturated carbocycles. The van der Waals surface area contributed by atoms with E-state index in [-0.39, 0.29) is 0 Å². The number of benzene rings is 1. The van der Waals surface area contributed by atoms with E-state index in [9.17, 15) is 0 Å². The summed E-state index contributed by atoms with van der Waals surface area (Å²) in [5, 5.41) is 3.47.